The second-order valence-corrected chi connectivity index (χ2v) is 11.3. The summed E-state index contributed by atoms with van der Waals surface area (Å²) in [6, 6.07) is 12.2. The van der Waals surface area contributed by atoms with Crippen LogP contribution in [0.3, 0.4) is 0 Å². The van der Waals surface area contributed by atoms with E-state index in [0.717, 1.165) is 61.1 Å². The van der Waals surface area contributed by atoms with Gasteiger partial charge < -0.3 is 10.2 Å². The van der Waals surface area contributed by atoms with Crippen molar-refractivity contribution in [2.24, 2.45) is 11.8 Å². The molecule has 0 radical (unpaired) electrons. The number of halogens is 3. The maximum Gasteiger partial charge on any atom is 0.417 e. The fraction of sp³-hybridized carbons (Fsp3) is 0.462. The first-order valence-corrected chi connectivity index (χ1v) is 13.9. The maximum absolute atomic E-state index is 13.3. The molecule has 0 amide bonds. The van der Waals surface area contributed by atoms with Crippen molar-refractivity contribution >= 4 is 32.7 Å². The Morgan fingerprint density at radius 2 is 1.57 bits per heavy atom. The molecule has 0 bridgehead atoms. The molecular formula is C26H32F3N5O2S. The largest absolute Gasteiger partial charge is 0.417 e. The van der Waals surface area contributed by atoms with Gasteiger partial charge in [-0.15, -0.1) is 0 Å². The highest BCUT2D eigenvalue weighted by molar-refractivity contribution is 7.89. The smallest absolute Gasteiger partial charge is 0.359 e. The number of hydrogen-bond acceptors (Lipinski definition) is 6. The molecule has 1 saturated carbocycles. The zero-order valence-electron chi connectivity index (χ0n) is 20.9. The average molecular weight is 536 g/mol. The zero-order chi connectivity index (χ0) is 26.6. The quantitative estimate of drug-likeness (QED) is 0.387. The zero-order valence-corrected chi connectivity index (χ0v) is 21.7. The van der Waals surface area contributed by atoms with Crippen LogP contribution in [0.2, 0.25) is 0 Å². The van der Waals surface area contributed by atoms with Crippen molar-refractivity contribution in [3.05, 3.63) is 54.1 Å². The molecule has 2 aromatic carbocycles. The molecular weight excluding hydrogens is 503 g/mol. The van der Waals surface area contributed by atoms with Crippen LogP contribution >= 0.6 is 0 Å². The molecule has 7 nitrogen and oxygen atoms in total. The Bertz CT molecular complexity index is 1330. The Labute approximate surface area is 215 Å². The van der Waals surface area contributed by atoms with E-state index in [4.69, 9.17) is 4.98 Å². The topological polar surface area (TPSA) is 87.2 Å². The third kappa shape index (κ3) is 6.51. The number of hydrogen-bond donors (Lipinski definition) is 2. The van der Waals surface area contributed by atoms with Crippen LogP contribution in [0.5, 0.6) is 0 Å². The molecule has 3 aromatic rings. The number of fused-ring (bicyclic) bond motifs is 1. The fourth-order valence-electron chi connectivity index (χ4n) is 4.70. The minimum atomic E-state index is -4.74. The summed E-state index contributed by atoms with van der Waals surface area (Å²) in [4.78, 5) is 10.7. The van der Waals surface area contributed by atoms with Gasteiger partial charge in [0, 0.05) is 32.1 Å². The first-order valence-electron chi connectivity index (χ1n) is 12.5. The Hall–Kier alpha value is -2.92. The number of benzene rings is 2. The predicted octanol–water partition coefficient (Wildman–Crippen LogP) is 5.30. The second kappa shape index (κ2) is 11.2. The van der Waals surface area contributed by atoms with Gasteiger partial charge in [0.2, 0.25) is 16.0 Å². The van der Waals surface area contributed by atoms with Crippen molar-refractivity contribution < 1.29 is 21.6 Å². The van der Waals surface area contributed by atoms with Crippen LogP contribution in [0.25, 0.3) is 10.9 Å². The lowest BCUT2D eigenvalue weighted by atomic mass is 9.82. The van der Waals surface area contributed by atoms with Gasteiger partial charge in [-0.2, -0.15) is 18.2 Å². The van der Waals surface area contributed by atoms with E-state index in [1.807, 2.05) is 31.3 Å². The third-order valence-corrected chi connectivity index (χ3v) is 8.46. The molecule has 1 aliphatic rings. The number of alkyl halides is 3. The van der Waals surface area contributed by atoms with Crippen molar-refractivity contribution in [1.29, 1.82) is 0 Å². The van der Waals surface area contributed by atoms with Gasteiger partial charge in [-0.1, -0.05) is 24.3 Å². The van der Waals surface area contributed by atoms with Crippen LogP contribution in [0.4, 0.5) is 24.9 Å². The minimum Gasteiger partial charge on any atom is -0.359 e. The van der Waals surface area contributed by atoms with E-state index < -0.39 is 26.7 Å². The number of nitrogens with one attached hydrogen (secondary N) is 2. The standard InChI is InChI=1S/C26H32F3N5O2S/c1-3-34(2)24-20-8-4-6-10-22(20)32-25(33-24)30-16-18-12-14-19(15-13-18)17-31-37(35,36)23-11-7-5-9-21(23)26(27,28)29/h4-11,18-19,31H,3,12-17H2,1-2H3,(H,30,32,33)/t18-,19-. The lowest BCUT2D eigenvalue weighted by Gasteiger charge is -2.29. The molecule has 1 aliphatic carbocycles. The number of aromatic nitrogens is 2. The fourth-order valence-corrected chi connectivity index (χ4v) is 6.04. The third-order valence-electron chi connectivity index (χ3n) is 6.98. The Morgan fingerprint density at radius 3 is 2.24 bits per heavy atom. The summed E-state index contributed by atoms with van der Waals surface area (Å²) >= 11 is 0. The lowest BCUT2D eigenvalue weighted by Crippen LogP contribution is -2.33. The first kappa shape index (κ1) is 27.1. The van der Waals surface area contributed by atoms with Gasteiger partial charge in [-0.25, -0.2) is 18.1 Å². The molecule has 37 heavy (non-hydrogen) atoms. The summed E-state index contributed by atoms with van der Waals surface area (Å²) < 4.78 is 67.4. The van der Waals surface area contributed by atoms with E-state index in [2.05, 4.69) is 26.8 Å². The summed E-state index contributed by atoms with van der Waals surface area (Å²) in [5.74, 6) is 1.90. The van der Waals surface area contributed by atoms with E-state index in [9.17, 15) is 21.6 Å². The number of sulfonamides is 1. The van der Waals surface area contributed by atoms with Crippen molar-refractivity contribution in [3.8, 4) is 0 Å². The van der Waals surface area contributed by atoms with Gasteiger partial charge in [0.25, 0.3) is 0 Å². The number of anilines is 2. The molecule has 4 rings (SSSR count). The molecule has 1 fully saturated rings. The number of para-hydroxylation sites is 1. The molecule has 2 N–H and O–H groups in total. The lowest BCUT2D eigenvalue weighted by molar-refractivity contribution is -0.139. The molecule has 0 aliphatic heterocycles. The maximum atomic E-state index is 13.3. The van der Waals surface area contributed by atoms with Gasteiger partial charge >= 0.3 is 6.18 Å². The Kier molecular flexibility index (Phi) is 8.23. The van der Waals surface area contributed by atoms with Gasteiger partial charge in [-0.05, 0) is 68.7 Å². The highest BCUT2D eigenvalue weighted by Gasteiger charge is 2.37. The van der Waals surface area contributed by atoms with E-state index in [-0.39, 0.29) is 12.5 Å². The molecule has 0 atom stereocenters. The van der Waals surface area contributed by atoms with Crippen molar-refractivity contribution in [2.75, 3.05) is 36.9 Å². The summed E-state index contributed by atoms with van der Waals surface area (Å²) in [7, 11) is -2.27. The molecule has 0 spiro atoms. The van der Waals surface area contributed by atoms with Crippen molar-refractivity contribution in [2.45, 2.75) is 43.7 Å². The Morgan fingerprint density at radius 1 is 0.946 bits per heavy atom. The van der Waals surface area contributed by atoms with Crippen LogP contribution in [-0.2, 0) is 16.2 Å². The molecule has 1 aromatic heterocycles. The van der Waals surface area contributed by atoms with E-state index in [1.165, 1.54) is 12.1 Å². The van der Waals surface area contributed by atoms with Crippen LogP contribution in [0.15, 0.2) is 53.4 Å². The first-order chi connectivity index (χ1) is 17.6. The van der Waals surface area contributed by atoms with Crippen LogP contribution in [0, 0.1) is 11.8 Å². The van der Waals surface area contributed by atoms with Gasteiger partial charge in [0.05, 0.1) is 16.0 Å². The summed E-state index contributed by atoms with van der Waals surface area (Å²) in [6.45, 7) is 3.70. The van der Waals surface area contributed by atoms with Crippen molar-refractivity contribution in [1.82, 2.24) is 14.7 Å². The molecule has 200 valence electrons. The van der Waals surface area contributed by atoms with E-state index in [1.54, 1.807) is 0 Å². The molecule has 0 unspecified atom stereocenters. The normalized spacial score (nSPS) is 18.6. The van der Waals surface area contributed by atoms with Gasteiger partial charge in [-0.3, -0.25) is 0 Å². The highest BCUT2D eigenvalue weighted by atomic mass is 32.2. The van der Waals surface area contributed by atoms with E-state index >= 15 is 0 Å². The minimum absolute atomic E-state index is 0.0748. The van der Waals surface area contributed by atoms with Crippen molar-refractivity contribution in [3.63, 3.8) is 0 Å². The van der Waals surface area contributed by atoms with E-state index in [0.29, 0.717) is 18.4 Å². The molecule has 1 heterocycles. The van der Waals surface area contributed by atoms with Gasteiger partial charge in [0.15, 0.2) is 0 Å². The van der Waals surface area contributed by atoms with Crippen LogP contribution in [-0.4, -0.2) is 45.1 Å². The predicted molar refractivity (Wildman–Crippen MR) is 139 cm³/mol. The SMILES string of the molecule is CCN(C)c1nc(NC[C@H]2CC[C@H](CNS(=O)(=O)c3ccccc3C(F)(F)F)CC2)nc2ccccc12. The summed E-state index contributed by atoms with van der Waals surface area (Å²) in [5.41, 5.74) is -0.278. The summed E-state index contributed by atoms with van der Waals surface area (Å²) in [5, 5.41) is 4.37. The van der Waals surface area contributed by atoms with Gasteiger partial charge in [0.1, 0.15) is 5.82 Å². The van der Waals surface area contributed by atoms with Crippen LogP contribution < -0.4 is 14.9 Å². The van der Waals surface area contributed by atoms with Crippen LogP contribution in [0.1, 0.15) is 38.2 Å². The highest BCUT2D eigenvalue weighted by Crippen LogP contribution is 2.34. The number of rotatable bonds is 9. The monoisotopic (exact) mass is 535 g/mol. The number of nitrogens with zero attached hydrogens (tertiary/aromatic N) is 3. The molecule has 0 saturated heterocycles. The summed E-state index contributed by atoms with van der Waals surface area (Å²) in [6.07, 6.45) is -1.39. The average Bonchev–Trinajstić information content (AvgIpc) is 2.90. The second-order valence-electron chi connectivity index (χ2n) is 9.52. The Balaban J connectivity index is 1.32. The molecule has 11 heteroatoms.